The molecule has 7 heteroatoms. The zero-order valence-corrected chi connectivity index (χ0v) is 11.0. The van der Waals surface area contributed by atoms with E-state index in [9.17, 15) is 8.78 Å². The zero-order chi connectivity index (χ0) is 13.3. The lowest BCUT2D eigenvalue weighted by molar-refractivity contribution is 0.145. The molecule has 0 aliphatic carbocycles. The number of hydrogen-bond acceptors (Lipinski definition) is 4. The Bertz CT molecular complexity index is 568. The second kappa shape index (κ2) is 5.01. The molecule has 0 radical (unpaired) electrons. The van der Waals surface area contributed by atoms with E-state index in [1.807, 2.05) is 19.9 Å². The van der Waals surface area contributed by atoms with Crippen molar-refractivity contribution in [2.75, 3.05) is 6.26 Å². The summed E-state index contributed by atoms with van der Waals surface area (Å²) in [7, 11) is 0. The molecule has 0 atom stereocenters. The molecule has 0 bridgehead atoms. The van der Waals surface area contributed by atoms with Crippen LogP contribution in [-0.4, -0.2) is 26.0 Å². The molecular weight excluding hydrogens is 258 g/mol. The minimum atomic E-state index is -2.62. The van der Waals surface area contributed by atoms with E-state index < -0.39 is 6.43 Å². The number of alkyl halides is 2. The number of aromatic nitrogens is 4. The van der Waals surface area contributed by atoms with Crippen LogP contribution >= 0.6 is 11.8 Å². The van der Waals surface area contributed by atoms with E-state index in [-0.39, 0.29) is 5.69 Å². The van der Waals surface area contributed by atoms with Gasteiger partial charge in [0.15, 0.2) is 11.0 Å². The summed E-state index contributed by atoms with van der Waals surface area (Å²) in [5.74, 6) is 0.371. The Morgan fingerprint density at radius 2 is 1.94 bits per heavy atom. The van der Waals surface area contributed by atoms with Crippen LogP contribution in [0.25, 0.3) is 5.82 Å². The second-order valence-corrected chi connectivity index (χ2v) is 4.55. The first-order chi connectivity index (χ1) is 8.51. The Hall–Kier alpha value is -1.50. The van der Waals surface area contributed by atoms with Crippen molar-refractivity contribution in [3.8, 4) is 5.82 Å². The van der Waals surface area contributed by atoms with Crippen molar-refractivity contribution in [2.45, 2.75) is 25.4 Å². The van der Waals surface area contributed by atoms with Gasteiger partial charge in [-0.1, -0.05) is 11.8 Å². The van der Waals surface area contributed by atoms with Crippen LogP contribution < -0.4 is 0 Å². The van der Waals surface area contributed by atoms with Crippen LogP contribution in [0.2, 0.25) is 0 Å². The maximum Gasteiger partial charge on any atom is 0.280 e. The van der Waals surface area contributed by atoms with Crippen LogP contribution in [0.4, 0.5) is 8.78 Å². The van der Waals surface area contributed by atoms with Gasteiger partial charge in [0.1, 0.15) is 5.69 Å². The standard InChI is InChI=1S/C11H12F2N4S/c1-6-4-7(2)17(16-6)9-5-8(10(12)13)14-11(15-9)18-3/h4-5,10H,1-3H3. The van der Waals surface area contributed by atoms with Crippen molar-refractivity contribution in [1.29, 1.82) is 0 Å². The molecule has 18 heavy (non-hydrogen) atoms. The lowest BCUT2D eigenvalue weighted by atomic mass is 10.4. The van der Waals surface area contributed by atoms with Gasteiger partial charge in [-0.3, -0.25) is 0 Å². The maximum atomic E-state index is 12.8. The fraction of sp³-hybridized carbons (Fsp3) is 0.364. The number of nitrogens with zero attached hydrogens (tertiary/aromatic N) is 4. The molecule has 2 aromatic heterocycles. The molecule has 0 unspecified atom stereocenters. The first-order valence-corrected chi connectivity index (χ1v) is 6.48. The molecular formula is C11H12F2N4S. The van der Waals surface area contributed by atoms with Gasteiger partial charge in [0.2, 0.25) is 0 Å². The molecule has 0 spiro atoms. The van der Waals surface area contributed by atoms with Gasteiger partial charge in [-0.15, -0.1) is 0 Å². The average Bonchev–Trinajstić information content (AvgIpc) is 2.67. The molecule has 0 aliphatic heterocycles. The van der Waals surface area contributed by atoms with Crippen molar-refractivity contribution in [3.63, 3.8) is 0 Å². The molecule has 0 amide bonds. The highest BCUT2D eigenvalue weighted by atomic mass is 32.2. The van der Waals surface area contributed by atoms with E-state index in [1.165, 1.54) is 17.8 Å². The highest BCUT2D eigenvalue weighted by Crippen LogP contribution is 2.22. The molecule has 0 saturated carbocycles. The predicted octanol–water partition coefficient (Wildman–Crippen LogP) is 2.94. The van der Waals surface area contributed by atoms with Crippen LogP contribution in [0, 0.1) is 13.8 Å². The van der Waals surface area contributed by atoms with Crippen LogP contribution in [-0.2, 0) is 0 Å². The van der Waals surface area contributed by atoms with Gasteiger partial charge < -0.3 is 0 Å². The van der Waals surface area contributed by atoms with Gasteiger partial charge in [-0.25, -0.2) is 23.4 Å². The molecule has 0 aliphatic rings. The molecule has 2 heterocycles. The summed E-state index contributed by atoms with van der Waals surface area (Å²) in [6.45, 7) is 3.69. The van der Waals surface area contributed by atoms with Crippen molar-refractivity contribution < 1.29 is 8.78 Å². The Labute approximate surface area is 107 Å². The van der Waals surface area contributed by atoms with Crippen molar-refractivity contribution >= 4 is 11.8 Å². The van der Waals surface area contributed by atoms with Crippen LogP contribution in [0.15, 0.2) is 17.3 Å². The molecule has 2 rings (SSSR count). The summed E-state index contributed by atoms with van der Waals surface area (Å²) in [5.41, 5.74) is 1.38. The van der Waals surface area contributed by atoms with E-state index in [0.717, 1.165) is 11.4 Å². The largest absolute Gasteiger partial charge is 0.280 e. The van der Waals surface area contributed by atoms with E-state index in [0.29, 0.717) is 11.0 Å². The van der Waals surface area contributed by atoms with Gasteiger partial charge >= 0.3 is 0 Å². The molecule has 0 N–H and O–H groups in total. The molecule has 4 nitrogen and oxygen atoms in total. The molecule has 0 aromatic carbocycles. The fourth-order valence-electron chi connectivity index (χ4n) is 1.60. The van der Waals surface area contributed by atoms with Crippen LogP contribution in [0.1, 0.15) is 23.5 Å². The Morgan fingerprint density at radius 1 is 1.22 bits per heavy atom. The average molecular weight is 270 g/mol. The smallest absolute Gasteiger partial charge is 0.221 e. The normalized spacial score (nSPS) is 11.2. The number of aryl methyl sites for hydroxylation is 2. The monoisotopic (exact) mass is 270 g/mol. The molecule has 96 valence electrons. The predicted molar refractivity (Wildman–Crippen MR) is 65.4 cm³/mol. The number of hydrogen-bond donors (Lipinski definition) is 0. The minimum absolute atomic E-state index is 0.281. The van der Waals surface area contributed by atoms with Crippen molar-refractivity contribution in [1.82, 2.24) is 19.7 Å². The summed E-state index contributed by atoms with van der Waals surface area (Å²) in [6.07, 6.45) is -0.871. The zero-order valence-electron chi connectivity index (χ0n) is 10.2. The molecule has 2 aromatic rings. The van der Waals surface area contributed by atoms with Crippen LogP contribution in [0.3, 0.4) is 0 Å². The van der Waals surface area contributed by atoms with E-state index in [1.54, 1.807) is 10.9 Å². The first-order valence-electron chi connectivity index (χ1n) is 5.26. The van der Waals surface area contributed by atoms with Gasteiger partial charge in [0.05, 0.1) is 5.69 Å². The summed E-state index contributed by atoms with van der Waals surface area (Å²) in [5, 5.41) is 4.54. The van der Waals surface area contributed by atoms with Gasteiger partial charge in [0.25, 0.3) is 6.43 Å². The highest BCUT2D eigenvalue weighted by molar-refractivity contribution is 7.98. The summed E-state index contributed by atoms with van der Waals surface area (Å²) in [4.78, 5) is 7.97. The lowest BCUT2D eigenvalue weighted by Crippen LogP contribution is -2.06. The second-order valence-electron chi connectivity index (χ2n) is 3.78. The highest BCUT2D eigenvalue weighted by Gasteiger charge is 2.15. The number of rotatable bonds is 3. The van der Waals surface area contributed by atoms with E-state index >= 15 is 0 Å². The van der Waals surface area contributed by atoms with Crippen LogP contribution in [0.5, 0.6) is 0 Å². The van der Waals surface area contributed by atoms with Gasteiger partial charge in [0, 0.05) is 11.8 Å². The molecule has 0 fully saturated rings. The Morgan fingerprint density at radius 3 is 2.44 bits per heavy atom. The fourth-order valence-corrected chi connectivity index (χ4v) is 1.98. The van der Waals surface area contributed by atoms with Gasteiger partial charge in [-0.05, 0) is 26.2 Å². The van der Waals surface area contributed by atoms with Crippen molar-refractivity contribution in [2.24, 2.45) is 0 Å². The third-order valence-corrected chi connectivity index (χ3v) is 2.89. The first kappa shape index (κ1) is 12.9. The summed E-state index contributed by atoms with van der Waals surface area (Å²) < 4.78 is 27.1. The summed E-state index contributed by atoms with van der Waals surface area (Å²) >= 11 is 1.23. The van der Waals surface area contributed by atoms with Crippen molar-refractivity contribution in [3.05, 3.63) is 29.2 Å². The third kappa shape index (κ3) is 2.50. The Kier molecular flexibility index (Phi) is 3.60. The molecule has 0 saturated heterocycles. The third-order valence-electron chi connectivity index (χ3n) is 2.34. The quantitative estimate of drug-likeness (QED) is 0.635. The number of halogens is 2. The van der Waals surface area contributed by atoms with E-state index in [2.05, 4.69) is 15.1 Å². The van der Waals surface area contributed by atoms with E-state index in [4.69, 9.17) is 0 Å². The minimum Gasteiger partial charge on any atom is -0.221 e. The SMILES string of the molecule is CSc1nc(C(F)F)cc(-n2nc(C)cc2C)n1. The lowest BCUT2D eigenvalue weighted by Gasteiger charge is -2.07. The Balaban J connectivity index is 2.56. The number of thioether (sulfide) groups is 1. The van der Waals surface area contributed by atoms with Gasteiger partial charge in [-0.2, -0.15) is 5.10 Å². The maximum absolute atomic E-state index is 12.8. The summed E-state index contributed by atoms with van der Waals surface area (Å²) in [6, 6.07) is 3.13. The topological polar surface area (TPSA) is 43.6 Å².